The topological polar surface area (TPSA) is 55.4 Å². The summed E-state index contributed by atoms with van der Waals surface area (Å²) in [7, 11) is 1.77. The average molecular weight is 404 g/mol. The van der Waals surface area contributed by atoms with E-state index in [4.69, 9.17) is 4.74 Å². The molecule has 3 aliphatic rings. The second-order valence-corrected chi connectivity index (χ2v) is 9.27. The maximum absolute atomic E-state index is 13.4. The van der Waals surface area contributed by atoms with E-state index in [1.807, 2.05) is 6.07 Å². The summed E-state index contributed by atoms with van der Waals surface area (Å²) >= 11 is 0. The Labute approximate surface area is 178 Å². The minimum Gasteiger partial charge on any atom is -0.381 e. The van der Waals surface area contributed by atoms with Gasteiger partial charge in [-0.1, -0.05) is 48.5 Å². The van der Waals surface area contributed by atoms with E-state index in [-0.39, 0.29) is 29.6 Å². The Morgan fingerprint density at radius 2 is 1.73 bits per heavy atom. The van der Waals surface area contributed by atoms with E-state index < -0.39 is 5.54 Å². The molecule has 1 unspecified atom stereocenters. The van der Waals surface area contributed by atoms with E-state index in [1.54, 1.807) is 7.11 Å². The molecule has 1 saturated carbocycles. The van der Waals surface area contributed by atoms with E-state index in [0.29, 0.717) is 0 Å². The molecule has 1 saturated heterocycles. The van der Waals surface area contributed by atoms with Gasteiger partial charge in [0.05, 0.1) is 12.5 Å². The predicted octanol–water partition coefficient (Wildman–Crippen LogP) is 3.89. The van der Waals surface area contributed by atoms with Crippen LogP contribution < -0.4 is 5.32 Å². The fourth-order valence-electron chi connectivity index (χ4n) is 6.18. The quantitative estimate of drug-likeness (QED) is 0.788. The molecule has 5 rings (SSSR count). The van der Waals surface area contributed by atoms with E-state index in [2.05, 4.69) is 47.8 Å². The normalized spacial score (nSPS) is 30.1. The van der Waals surface area contributed by atoms with Crippen molar-refractivity contribution >= 4 is 11.7 Å². The van der Waals surface area contributed by atoms with Crippen molar-refractivity contribution in [1.29, 1.82) is 0 Å². The van der Waals surface area contributed by atoms with Crippen LogP contribution in [0.15, 0.2) is 48.5 Å². The Hall–Kier alpha value is -2.46. The molecule has 2 spiro atoms. The number of ketones is 1. The summed E-state index contributed by atoms with van der Waals surface area (Å²) in [6, 6.07) is 17.1. The van der Waals surface area contributed by atoms with E-state index >= 15 is 0 Å². The van der Waals surface area contributed by atoms with Gasteiger partial charge in [0.1, 0.15) is 5.54 Å². The summed E-state index contributed by atoms with van der Waals surface area (Å²) in [5, 5.41) is 3.20. The molecule has 0 radical (unpaired) electrons. The van der Waals surface area contributed by atoms with Gasteiger partial charge >= 0.3 is 0 Å². The number of fused-ring (bicyclic) bond motifs is 3. The molecule has 2 fully saturated rings. The molecule has 2 aliphatic carbocycles. The largest absolute Gasteiger partial charge is 0.381 e. The number of carbonyl (C=O) groups excluding carboxylic acids is 2. The van der Waals surface area contributed by atoms with Crippen LogP contribution in [0.5, 0.6) is 0 Å². The van der Waals surface area contributed by atoms with Crippen LogP contribution in [-0.2, 0) is 39.1 Å². The first-order valence-corrected chi connectivity index (χ1v) is 11.1. The summed E-state index contributed by atoms with van der Waals surface area (Å²) in [6.07, 6.45) is 6.71. The first-order valence-electron chi connectivity index (χ1n) is 11.1. The number of hydrogen-bond donors (Lipinski definition) is 1. The first kappa shape index (κ1) is 19.5. The van der Waals surface area contributed by atoms with Gasteiger partial charge in [-0.05, 0) is 67.2 Å². The minimum atomic E-state index is -0.846. The number of rotatable bonds is 4. The predicted molar refractivity (Wildman–Crippen MR) is 115 cm³/mol. The lowest BCUT2D eigenvalue weighted by Crippen LogP contribution is -2.56. The summed E-state index contributed by atoms with van der Waals surface area (Å²) in [4.78, 5) is 25.8. The van der Waals surface area contributed by atoms with Crippen LogP contribution in [0.25, 0.3) is 0 Å². The van der Waals surface area contributed by atoms with Crippen LogP contribution in [0.1, 0.15) is 54.4 Å². The number of benzene rings is 2. The second kappa shape index (κ2) is 7.35. The lowest BCUT2D eigenvalue weighted by Gasteiger charge is -2.47. The number of carbonyl (C=O) groups is 2. The average Bonchev–Trinajstić information content (AvgIpc) is 3.22. The van der Waals surface area contributed by atoms with Crippen LogP contribution in [-0.4, -0.2) is 24.9 Å². The molecule has 0 aromatic heterocycles. The van der Waals surface area contributed by atoms with Gasteiger partial charge in [-0.2, -0.15) is 0 Å². The first-order chi connectivity index (χ1) is 14.6. The van der Waals surface area contributed by atoms with Gasteiger partial charge in [0, 0.05) is 12.5 Å². The number of nitrogens with one attached hydrogen (secondary N) is 1. The van der Waals surface area contributed by atoms with E-state index in [0.717, 1.165) is 50.5 Å². The van der Waals surface area contributed by atoms with Gasteiger partial charge in [0.2, 0.25) is 5.91 Å². The number of aryl methyl sites for hydroxylation is 2. The zero-order valence-corrected chi connectivity index (χ0v) is 17.6. The van der Waals surface area contributed by atoms with Gasteiger partial charge in [-0.3, -0.25) is 9.59 Å². The van der Waals surface area contributed by atoms with Crippen molar-refractivity contribution in [2.45, 2.75) is 63.0 Å². The highest BCUT2D eigenvalue weighted by Gasteiger charge is 2.65. The second-order valence-electron chi connectivity index (χ2n) is 9.27. The van der Waals surface area contributed by atoms with Crippen molar-refractivity contribution in [2.75, 3.05) is 7.11 Å². The fourth-order valence-corrected chi connectivity index (χ4v) is 6.18. The Bertz CT molecular complexity index is 975. The van der Waals surface area contributed by atoms with Crippen molar-refractivity contribution in [3.05, 3.63) is 70.8 Å². The Morgan fingerprint density at radius 1 is 1.00 bits per heavy atom. The lowest BCUT2D eigenvalue weighted by atomic mass is 9.60. The van der Waals surface area contributed by atoms with Gasteiger partial charge in [-0.15, -0.1) is 0 Å². The molecule has 0 bridgehead atoms. The third kappa shape index (κ3) is 2.92. The smallest absolute Gasteiger partial charge is 0.228 e. The van der Waals surface area contributed by atoms with Crippen molar-refractivity contribution in [3.63, 3.8) is 0 Å². The molecule has 4 nitrogen and oxygen atoms in total. The maximum atomic E-state index is 13.4. The standard InChI is InChI=1S/C26H29NO3/c1-30-21-11-13-25(14-12-21)17-20-10-9-19(8-7-18-5-3-2-4-6-18)15-22(20)26(25)23(28)16-24(29)27-26/h2-6,9-10,15,21H,7-8,11-14,16-17H2,1H3,(H,27,29). The molecule has 1 heterocycles. The lowest BCUT2D eigenvalue weighted by molar-refractivity contribution is -0.129. The van der Waals surface area contributed by atoms with Gasteiger partial charge < -0.3 is 10.1 Å². The molecule has 1 N–H and O–H groups in total. The number of hydrogen-bond acceptors (Lipinski definition) is 3. The summed E-state index contributed by atoms with van der Waals surface area (Å²) in [5.74, 6) is -0.0712. The Morgan fingerprint density at radius 3 is 2.40 bits per heavy atom. The van der Waals surface area contributed by atoms with Crippen molar-refractivity contribution in [2.24, 2.45) is 5.41 Å². The number of Topliss-reactive ketones (excluding diaryl/α,β-unsaturated/α-hetero) is 1. The van der Waals surface area contributed by atoms with Crippen LogP contribution in [0.4, 0.5) is 0 Å². The fraction of sp³-hybridized carbons (Fsp3) is 0.462. The summed E-state index contributed by atoms with van der Waals surface area (Å²) < 4.78 is 5.59. The zero-order valence-electron chi connectivity index (χ0n) is 17.6. The molecule has 1 amide bonds. The van der Waals surface area contributed by atoms with Crippen LogP contribution in [0, 0.1) is 5.41 Å². The van der Waals surface area contributed by atoms with Gasteiger partial charge in [0.15, 0.2) is 5.78 Å². The highest BCUT2D eigenvalue weighted by atomic mass is 16.5. The molecular weight excluding hydrogens is 374 g/mol. The summed E-state index contributed by atoms with van der Waals surface area (Å²) in [6.45, 7) is 0. The number of amides is 1. The van der Waals surface area contributed by atoms with Gasteiger partial charge in [0.25, 0.3) is 0 Å². The van der Waals surface area contributed by atoms with E-state index in [9.17, 15) is 9.59 Å². The third-order valence-corrected chi connectivity index (χ3v) is 7.74. The molecule has 2 aromatic rings. The van der Waals surface area contributed by atoms with Crippen LogP contribution >= 0.6 is 0 Å². The Balaban J connectivity index is 1.50. The number of methoxy groups -OCH3 is 1. The van der Waals surface area contributed by atoms with Gasteiger partial charge in [-0.25, -0.2) is 0 Å². The van der Waals surface area contributed by atoms with E-state index in [1.165, 1.54) is 16.7 Å². The molecule has 1 atom stereocenters. The molecule has 30 heavy (non-hydrogen) atoms. The maximum Gasteiger partial charge on any atom is 0.228 e. The highest BCUT2D eigenvalue weighted by molar-refractivity contribution is 6.11. The van der Waals surface area contributed by atoms with Crippen molar-refractivity contribution < 1.29 is 14.3 Å². The summed E-state index contributed by atoms with van der Waals surface area (Å²) in [5.41, 5.74) is 3.76. The van der Waals surface area contributed by atoms with Crippen LogP contribution in [0.3, 0.4) is 0 Å². The highest BCUT2D eigenvalue weighted by Crippen LogP contribution is 2.59. The SMILES string of the molecule is COC1CCC2(CC1)Cc1ccc(CCc3ccccc3)cc1C21NC(=O)CC1=O. The Kier molecular flexibility index (Phi) is 4.78. The molecular formula is C26H29NO3. The zero-order chi connectivity index (χ0) is 20.8. The van der Waals surface area contributed by atoms with Crippen molar-refractivity contribution in [1.82, 2.24) is 5.32 Å². The third-order valence-electron chi connectivity index (χ3n) is 7.74. The minimum absolute atomic E-state index is 0.00311. The molecule has 156 valence electrons. The monoisotopic (exact) mass is 403 g/mol. The molecule has 2 aromatic carbocycles. The molecule has 1 aliphatic heterocycles. The van der Waals surface area contributed by atoms with Crippen molar-refractivity contribution in [3.8, 4) is 0 Å². The molecule has 4 heteroatoms. The number of ether oxygens (including phenoxy) is 1. The van der Waals surface area contributed by atoms with Crippen LogP contribution in [0.2, 0.25) is 0 Å².